The summed E-state index contributed by atoms with van der Waals surface area (Å²) in [5.41, 5.74) is 0.750. The maximum absolute atomic E-state index is 10.8. The molecular formula is C15H23NO3. The van der Waals surface area contributed by atoms with Crippen LogP contribution < -0.4 is 4.74 Å². The molecule has 0 aliphatic carbocycles. The first kappa shape index (κ1) is 14.3. The first-order valence-corrected chi connectivity index (χ1v) is 6.84. The molecule has 1 heterocycles. The van der Waals surface area contributed by atoms with Gasteiger partial charge in [0, 0.05) is 11.6 Å². The number of β-amino-alcohol motifs (C(OH)–C–C–N with tert-alkyl or cyclic N) is 1. The summed E-state index contributed by atoms with van der Waals surface area (Å²) in [6, 6.07) is 7.79. The monoisotopic (exact) mass is 265 g/mol. The van der Waals surface area contributed by atoms with Crippen molar-refractivity contribution in [3.05, 3.63) is 29.8 Å². The minimum Gasteiger partial charge on any atom is -0.497 e. The van der Waals surface area contributed by atoms with E-state index in [1.807, 2.05) is 24.3 Å². The minimum absolute atomic E-state index is 0.339. The van der Waals surface area contributed by atoms with Crippen LogP contribution in [0.3, 0.4) is 0 Å². The van der Waals surface area contributed by atoms with Gasteiger partial charge in [-0.2, -0.15) is 0 Å². The highest BCUT2D eigenvalue weighted by atomic mass is 16.6. The Morgan fingerprint density at radius 1 is 1.53 bits per heavy atom. The Morgan fingerprint density at radius 3 is 3.00 bits per heavy atom. The van der Waals surface area contributed by atoms with E-state index in [4.69, 9.17) is 9.47 Å². The van der Waals surface area contributed by atoms with Crippen molar-refractivity contribution in [3.63, 3.8) is 0 Å². The Labute approximate surface area is 114 Å². The van der Waals surface area contributed by atoms with Crippen LogP contribution in [0, 0.1) is 0 Å². The summed E-state index contributed by atoms with van der Waals surface area (Å²) in [4.78, 5) is 2.27. The molecule has 4 nitrogen and oxygen atoms in total. The van der Waals surface area contributed by atoms with Crippen molar-refractivity contribution < 1.29 is 14.6 Å². The number of nitrogens with zero attached hydrogens (tertiary/aromatic N) is 1. The van der Waals surface area contributed by atoms with E-state index >= 15 is 0 Å². The van der Waals surface area contributed by atoms with Crippen LogP contribution >= 0.6 is 0 Å². The van der Waals surface area contributed by atoms with E-state index in [9.17, 15) is 5.11 Å². The lowest BCUT2D eigenvalue weighted by molar-refractivity contribution is -0.259. The molecule has 19 heavy (non-hydrogen) atoms. The second kappa shape index (κ2) is 5.90. The Morgan fingerprint density at radius 2 is 2.32 bits per heavy atom. The normalized spacial score (nSPS) is 28.3. The van der Waals surface area contributed by atoms with E-state index in [-0.39, 0.29) is 0 Å². The third kappa shape index (κ3) is 3.08. The average Bonchev–Trinajstić information content (AvgIpc) is 2.43. The van der Waals surface area contributed by atoms with Gasteiger partial charge in [-0.3, -0.25) is 4.90 Å². The van der Waals surface area contributed by atoms with Gasteiger partial charge in [0.05, 0.1) is 20.3 Å². The molecular weight excluding hydrogens is 242 g/mol. The van der Waals surface area contributed by atoms with E-state index in [0.717, 1.165) is 24.3 Å². The third-order valence-corrected chi connectivity index (χ3v) is 3.64. The van der Waals surface area contributed by atoms with Gasteiger partial charge in [-0.25, -0.2) is 0 Å². The summed E-state index contributed by atoms with van der Waals surface area (Å²) in [6.45, 7) is 6.27. The maximum atomic E-state index is 10.8. The van der Waals surface area contributed by atoms with E-state index < -0.39 is 5.79 Å². The molecule has 0 radical (unpaired) electrons. The highest BCUT2D eigenvalue weighted by Gasteiger charge is 2.39. The Kier molecular flexibility index (Phi) is 4.45. The Balaban J connectivity index is 2.21. The number of rotatable bonds is 4. The molecule has 1 saturated heterocycles. The zero-order chi connectivity index (χ0) is 13.9. The summed E-state index contributed by atoms with van der Waals surface area (Å²) in [6.07, 6.45) is 1.07. The fourth-order valence-electron chi connectivity index (χ4n) is 2.47. The number of benzene rings is 1. The molecule has 1 aliphatic heterocycles. The number of aliphatic hydroxyl groups is 1. The van der Waals surface area contributed by atoms with Gasteiger partial charge in [-0.1, -0.05) is 19.1 Å². The standard InChI is InChI=1S/C15H23NO3/c1-4-8-16-11-15(17,19-10-12(16)2)13-6-5-7-14(9-13)18-3/h5-7,9,12,17H,4,8,10-11H2,1-3H3/t12-,15?/m0/s1. The van der Waals surface area contributed by atoms with Crippen molar-refractivity contribution in [2.24, 2.45) is 0 Å². The van der Waals surface area contributed by atoms with Crippen molar-refractivity contribution in [3.8, 4) is 5.75 Å². The van der Waals surface area contributed by atoms with Gasteiger partial charge in [-0.05, 0) is 32.0 Å². The predicted octanol–water partition coefficient (Wildman–Crippen LogP) is 1.97. The quantitative estimate of drug-likeness (QED) is 0.904. The molecule has 2 atom stereocenters. The second-order valence-corrected chi connectivity index (χ2v) is 5.15. The Bertz CT molecular complexity index is 424. The summed E-state index contributed by atoms with van der Waals surface area (Å²) < 4.78 is 10.9. The van der Waals surface area contributed by atoms with Gasteiger partial charge in [0.2, 0.25) is 5.79 Å². The molecule has 1 fully saturated rings. The smallest absolute Gasteiger partial charge is 0.205 e. The van der Waals surface area contributed by atoms with Crippen LogP contribution in [0.25, 0.3) is 0 Å². The molecule has 0 amide bonds. The lowest BCUT2D eigenvalue weighted by Gasteiger charge is -2.43. The van der Waals surface area contributed by atoms with Crippen LogP contribution in [-0.4, -0.2) is 42.9 Å². The first-order chi connectivity index (χ1) is 9.09. The van der Waals surface area contributed by atoms with Gasteiger partial charge in [0.1, 0.15) is 5.75 Å². The molecule has 0 aromatic heterocycles. The van der Waals surface area contributed by atoms with Gasteiger partial charge < -0.3 is 14.6 Å². The molecule has 1 aromatic rings. The fourth-order valence-corrected chi connectivity index (χ4v) is 2.47. The van der Waals surface area contributed by atoms with Gasteiger partial charge in [-0.15, -0.1) is 0 Å². The molecule has 0 bridgehead atoms. The van der Waals surface area contributed by atoms with E-state index in [2.05, 4.69) is 18.7 Å². The maximum Gasteiger partial charge on any atom is 0.205 e. The molecule has 1 aromatic carbocycles. The van der Waals surface area contributed by atoms with E-state index in [1.54, 1.807) is 7.11 Å². The molecule has 1 N–H and O–H groups in total. The number of hydrogen-bond donors (Lipinski definition) is 1. The van der Waals surface area contributed by atoms with Crippen molar-refractivity contribution >= 4 is 0 Å². The Hall–Kier alpha value is -1.10. The number of ether oxygens (including phenoxy) is 2. The second-order valence-electron chi connectivity index (χ2n) is 5.15. The van der Waals surface area contributed by atoms with Gasteiger partial charge in [0.15, 0.2) is 0 Å². The summed E-state index contributed by atoms with van der Waals surface area (Å²) >= 11 is 0. The van der Waals surface area contributed by atoms with Crippen molar-refractivity contribution in [2.45, 2.75) is 32.1 Å². The highest BCUT2D eigenvalue weighted by Crippen LogP contribution is 2.31. The largest absolute Gasteiger partial charge is 0.497 e. The number of hydrogen-bond acceptors (Lipinski definition) is 4. The first-order valence-electron chi connectivity index (χ1n) is 6.84. The van der Waals surface area contributed by atoms with E-state index in [1.165, 1.54) is 0 Å². The molecule has 0 spiro atoms. The third-order valence-electron chi connectivity index (χ3n) is 3.64. The topological polar surface area (TPSA) is 41.9 Å². The van der Waals surface area contributed by atoms with E-state index in [0.29, 0.717) is 19.2 Å². The van der Waals surface area contributed by atoms with Gasteiger partial charge >= 0.3 is 0 Å². The molecule has 1 unspecified atom stereocenters. The SMILES string of the molecule is CCCN1CC(O)(c2cccc(OC)c2)OC[C@@H]1C. The van der Waals surface area contributed by atoms with Crippen LogP contribution in [0.15, 0.2) is 24.3 Å². The summed E-state index contributed by atoms with van der Waals surface area (Å²) in [5, 5.41) is 10.8. The van der Waals surface area contributed by atoms with Crippen LogP contribution in [0.4, 0.5) is 0 Å². The number of morpholine rings is 1. The number of methoxy groups -OCH3 is 1. The summed E-state index contributed by atoms with van der Waals surface area (Å²) in [7, 11) is 1.62. The van der Waals surface area contributed by atoms with Crippen molar-refractivity contribution in [1.29, 1.82) is 0 Å². The van der Waals surface area contributed by atoms with Crippen LogP contribution in [0.2, 0.25) is 0 Å². The molecule has 2 rings (SSSR count). The van der Waals surface area contributed by atoms with Crippen molar-refractivity contribution in [2.75, 3.05) is 26.8 Å². The average molecular weight is 265 g/mol. The van der Waals surface area contributed by atoms with Crippen LogP contribution in [0.5, 0.6) is 5.75 Å². The lowest BCUT2D eigenvalue weighted by Crippen LogP contribution is -2.54. The van der Waals surface area contributed by atoms with Crippen LogP contribution in [-0.2, 0) is 10.5 Å². The zero-order valence-electron chi connectivity index (χ0n) is 11.9. The molecule has 1 aliphatic rings. The van der Waals surface area contributed by atoms with Crippen molar-refractivity contribution in [1.82, 2.24) is 4.90 Å². The molecule has 0 saturated carbocycles. The summed E-state index contributed by atoms with van der Waals surface area (Å²) in [5.74, 6) is -0.508. The predicted molar refractivity (Wildman–Crippen MR) is 74.2 cm³/mol. The lowest BCUT2D eigenvalue weighted by atomic mass is 10.0. The highest BCUT2D eigenvalue weighted by molar-refractivity contribution is 5.31. The zero-order valence-corrected chi connectivity index (χ0v) is 11.9. The van der Waals surface area contributed by atoms with Crippen LogP contribution in [0.1, 0.15) is 25.8 Å². The fraction of sp³-hybridized carbons (Fsp3) is 0.600. The van der Waals surface area contributed by atoms with Gasteiger partial charge in [0.25, 0.3) is 0 Å². The molecule has 106 valence electrons. The minimum atomic E-state index is -1.24. The molecule has 4 heteroatoms.